The lowest BCUT2D eigenvalue weighted by atomic mass is 10.2. The predicted octanol–water partition coefficient (Wildman–Crippen LogP) is 0.294. The number of aromatic amines is 1. The van der Waals surface area contributed by atoms with Crippen molar-refractivity contribution in [3.05, 3.63) is 35.9 Å². The van der Waals surface area contributed by atoms with Crippen LogP contribution in [0.15, 0.2) is 29.4 Å². The number of sulfonamides is 1. The molecule has 2 heterocycles. The molecule has 1 aromatic heterocycles. The van der Waals surface area contributed by atoms with Crippen molar-refractivity contribution in [3.8, 4) is 0 Å². The van der Waals surface area contributed by atoms with Crippen LogP contribution in [0.25, 0.3) is 0 Å². The number of fused-ring (bicyclic) bond motifs is 1. The number of H-pyrrole nitrogens is 1. The lowest BCUT2D eigenvalue weighted by molar-refractivity contribution is 0.581. The molecule has 2 aromatic rings. The van der Waals surface area contributed by atoms with Gasteiger partial charge in [0.1, 0.15) is 12.2 Å². The second-order valence-corrected chi connectivity index (χ2v) is 6.34. The number of nitrogens with zero attached hydrogens (tertiary/aromatic N) is 2. The van der Waals surface area contributed by atoms with Gasteiger partial charge in [0.05, 0.1) is 4.90 Å². The number of anilines is 1. The van der Waals surface area contributed by atoms with Crippen LogP contribution in [-0.4, -0.2) is 36.7 Å². The Kier molecular flexibility index (Phi) is 3.41. The molecule has 3 N–H and O–H groups in total. The summed E-state index contributed by atoms with van der Waals surface area (Å²) in [6, 6.07) is 5.16. The Hall–Kier alpha value is -1.93. The molecule has 3 rings (SSSR count). The Bertz CT molecular complexity index is 697. The molecule has 0 fully saturated rings. The fourth-order valence-electron chi connectivity index (χ4n) is 2.19. The van der Waals surface area contributed by atoms with Crippen LogP contribution >= 0.6 is 0 Å². The standard InChI is InChI=1S/C12H15N5O2S/c18-20(19,16-6-4-12-14-8-15-17-12)10-1-2-11-9(7-10)3-5-13-11/h1-2,7-8,13,16H,3-6H2,(H,14,15,17). The number of nitrogens with one attached hydrogen (secondary N) is 3. The van der Waals surface area contributed by atoms with Gasteiger partial charge in [-0.2, -0.15) is 5.10 Å². The summed E-state index contributed by atoms with van der Waals surface area (Å²) in [5.74, 6) is 0.658. The molecule has 0 atom stereocenters. The van der Waals surface area contributed by atoms with Crippen LogP contribution in [0.3, 0.4) is 0 Å². The van der Waals surface area contributed by atoms with Gasteiger partial charge < -0.3 is 5.32 Å². The maximum absolute atomic E-state index is 12.2. The summed E-state index contributed by atoms with van der Waals surface area (Å²) < 4.78 is 26.9. The summed E-state index contributed by atoms with van der Waals surface area (Å²) in [6.45, 7) is 1.14. The van der Waals surface area contributed by atoms with E-state index in [4.69, 9.17) is 0 Å². The summed E-state index contributed by atoms with van der Waals surface area (Å²) in [6.07, 6.45) is 2.74. The highest BCUT2D eigenvalue weighted by molar-refractivity contribution is 7.89. The number of aromatic nitrogens is 3. The van der Waals surface area contributed by atoms with Crippen molar-refractivity contribution in [1.29, 1.82) is 0 Å². The highest BCUT2D eigenvalue weighted by Crippen LogP contribution is 2.24. The summed E-state index contributed by atoms with van der Waals surface area (Å²) in [4.78, 5) is 4.25. The molecule has 20 heavy (non-hydrogen) atoms. The van der Waals surface area contributed by atoms with Crippen LogP contribution in [0.4, 0.5) is 5.69 Å². The highest BCUT2D eigenvalue weighted by atomic mass is 32.2. The second kappa shape index (κ2) is 5.22. The number of rotatable bonds is 5. The van der Waals surface area contributed by atoms with Crippen LogP contribution in [0.1, 0.15) is 11.4 Å². The molecule has 1 aliphatic rings. The van der Waals surface area contributed by atoms with Crippen molar-refractivity contribution >= 4 is 15.7 Å². The Balaban J connectivity index is 1.68. The number of benzene rings is 1. The van der Waals surface area contributed by atoms with Gasteiger partial charge in [0.2, 0.25) is 10.0 Å². The fourth-order valence-corrected chi connectivity index (χ4v) is 3.27. The van der Waals surface area contributed by atoms with Crippen molar-refractivity contribution in [3.63, 3.8) is 0 Å². The molecule has 0 spiro atoms. The van der Waals surface area contributed by atoms with Crippen molar-refractivity contribution in [2.45, 2.75) is 17.7 Å². The maximum Gasteiger partial charge on any atom is 0.240 e. The van der Waals surface area contributed by atoms with E-state index in [2.05, 4.69) is 25.2 Å². The molecular weight excluding hydrogens is 278 g/mol. The molecule has 106 valence electrons. The third-order valence-electron chi connectivity index (χ3n) is 3.22. The zero-order valence-electron chi connectivity index (χ0n) is 10.8. The Morgan fingerprint density at radius 2 is 2.25 bits per heavy atom. The van der Waals surface area contributed by atoms with E-state index < -0.39 is 10.0 Å². The van der Waals surface area contributed by atoms with Crippen LogP contribution in [0, 0.1) is 0 Å². The topological polar surface area (TPSA) is 99.8 Å². The molecule has 1 aromatic carbocycles. The maximum atomic E-state index is 12.2. The van der Waals surface area contributed by atoms with Gasteiger partial charge in [0.15, 0.2) is 0 Å². The lowest BCUT2D eigenvalue weighted by Crippen LogP contribution is -2.26. The third-order valence-corrected chi connectivity index (χ3v) is 4.67. The summed E-state index contributed by atoms with van der Waals surface area (Å²) in [7, 11) is -3.47. The van der Waals surface area contributed by atoms with Crippen LogP contribution in [0.5, 0.6) is 0 Å². The molecule has 1 aliphatic heterocycles. The quantitative estimate of drug-likeness (QED) is 0.736. The fraction of sp³-hybridized carbons (Fsp3) is 0.333. The average Bonchev–Trinajstić information content (AvgIpc) is 3.08. The first-order valence-electron chi connectivity index (χ1n) is 6.36. The van der Waals surface area contributed by atoms with E-state index in [-0.39, 0.29) is 6.54 Å². The first kappa shape index (κ1) is 13.1. The Morgan fingerprint density at radius 3 is 3.05 bits per heavy atom. The molecular formula is C12H15N5O2S. The zero-order valence-corrected chi connectivity index (χ0v) is 11.6. The van der Waals surface area contributed by atoms with Gasteiger partial charge in [-0.1, -0.05) is 0 Å². The van der Waals surface area contributed by atoms with E-state index >= 15 is 0 Å². The van der Waals surface area contributed by atoms with E-state index in [0.29, 0.717) is 17.1 Å². The van der Waals surface area contributed by atoms with Crippen molar-refractivity contribution in [2.75, 3.05) is 18.4 Å². The molecule has 0 saturated carbocycles. The zero-order chi connectivity index (χ0) is 14.0. The molecule has 0 radical (unpaired) electrons. The van der Waals surface area contributed by atoms with Gasteiger partial charge in [-0.25, -0.2) is 18.1 Å². The monoisotopic (exact) mass is 293 g/mol. The first-order chi connectivity index (χ1) is 9.65. The van der Waals surface area contributed by atoms with E-state index in [9.17, 15) is 8.42 Å². The largest absolute Gasteiger partial charge is 0.384 e. The summed E-state index contributed by atoms with van der Waals surface area (Å²) >= 11 is 0. The third kappa shape index (κ3) is 2.66. The average molecular weight is 293 g/mol. The van der Waals surface area contributed by atoms with Crippen LogP contribution in [0.2, 0.25) is 0 Å². The van der Waals surface area contributed by atoms with Gasteiger partial charge in [0, 0.05) is 25.2 Å². The molecule has 0 amide bonds. The minimum Gasteiger partial charge on any atom is -0.384 e. The van der Waals surface area contributed by atoms with Gasteiger partial charge in [0.25, 0.3) is 0 Å². The normalized spacial score (nSPS) is 14.0. The van der Waals surface area contributed by atoms with E-state index in [1.165, 1.54) is 6.33 Å². The van der Waals surface area contributed by atoms with E-state index in [0.717, 1.165) is 24.2 Å². The molecule has 0 unspecified atom stereocenters. The van der Waals surface area contributed by atoms with Gasteiger partial charge in [-0.15, -0.1) is 0 Å². The number of hydrogen-bond donors (Lipinski definition) is 3. The smallest absolute Gasteiger partial charge is 0.240 e. The molecule has 0 bridgehead atoms. The summed E-state index contributed by atoms with van der Waals surface area (Å²) in [5.41, 5.74) is 2.06. The van der Waals surface area contributed by atoms with E-state index in [1.807, 2.05) is 6.07 Å². The highest BCUT2D eigenvalue weighted by Gasteiger charge is 2.17. The molecule has 0 saturated heterocycles. The lowest BCUT2D eigenvalue weighted by Gasteiger charge is -2.07. The SMILES string of the molecule is O=S(=O)(NCCc1ncn[nH]1)c1ccc2c(c1)CCN2. The van der Waals surface area contributed by atoms with Crippen LogP contribution in [-0.2, 0) is 22.9 Å². The summed E-state index contributed by atoms with van der Waals surface area (Å²) in [5, 5.41) is 9.61. The van der Waals surface area contributed by atoms with Gasteiger partial charge in [-0.3, -0.25) is 5.10 Å². The Labute approximate surface area is 116 Å². The molecule has 8 heteroatoms. The van der Waals surface area contributed by atoms with Crippen molar-refractivity contribution in [2.24, 2.45) is 0 Å². The van der Waals surface area contributed by atoms with E-state index in [1.54, 1.807) is 12.1 Å². The minimum atomic E-state index is -3.47. The Morgan fingerprint density at radius 1 is 1.35 bits per heavy atom. The van der Waals surface area contributed by atoms with Gasteiger partial charge in [-0.05, 0) is 30.2 Å². The van der Waals surface area contributed by atoms with Crippen molar-refractivity contribution < 1.29 is 8.42 Å². The molecule has 0 aliphatic carbocycles. The predicted molar refractivity (Wildman–Crippen MR) is 73.9 cm³/mol. The number of hydrogen-bond acceptors (Lipinski definition) is 5. The van der Waals surface area contributed by atoms with Gasteiger partial charge >= 0.3 is 0 Å². The minimum absolute atomic E-state index is 0.285. The van der Waals surface area contributed by atoms with Crippen molar-refractivity contribution in [1.82, 2.24) is 19.9 Å². The second-order valence-electron chi connectivity index (χ2n) is 4.58. The first-order valence-corrected chi connectivity index (χ1v) is 7.84. The van der Waals surface area contributed by atoms with Crippen LogP contribution < -0.4 is 10.0 Å². The molecule has 7 nitrogen and oxygen atoms in total.